The second kappa shape index (κ2) is 3.14. The number of aromatic nitrogens is 1. The van der Waals surface area contributed by atoms with Crippen molar-refractivity contribution in [2.75, 3.05) is 19.4 Å². The van der Waals surface area contributed by atoms with Gasteiger partial charge in [0.25, 0.3) is 5.91 Å². The monoisotopic (exact) mass is 189 g/mol. The summed E-state index contributed by atoms with van der Waals surface area (Å²) in [5.74, 6) is -0.0679. The minimum absolute atomic E-state index is 0.0679. The fourth-order valence-corrected chi connectivity index (χ4v) is 1.43. The van der Waals surface area contributed by atoms with E-state index in [-0.39, 0.29) is 5.91 Å². The highest BCUT2D eigenvalue weighted by molar-refractivity contribution is 6.31. The molecule has 0 saturated carbocycles. The Hall–Kier alpha value is -1.84. The summed E-state index contributed by atoms with van der Waals surface area (Å²) in [6, 6.07) is 1.84. The maximum Gasteiger partial charge on any atom is 0.257 e. The maximum atomic E-state index is 11.5. The highest BCUT2D eigenvalue weighted by atomic mass is 16.2. The van der Waals surface area contributed by atoms with Crippen molar-refractivity contribution in [1.82, 2.24) is 9.88 Å². The normalized spacial score (nSPS) is 16.7. The third-order valence-electron chi connectivity index (χ3n) is 1.99. The van der Waals surface area contributed by atoms with Gasteiger partial charge in [0.05, 0.1) is 17.5 Å². The summed E-state index contributed by atoms with van der Waals surface area (Å²) in [4.78, 5) is 17.3. The lowest BCUT2D eigenvalue weighted by atomic mass is 10.1. The van der Waals surface area contributed by atoms with Crippen LogP contribution in [0.5, 0.6) is 0 Å². The zero-order chi connectivity index (χ0) is 10.1. The third kappa shape index (κ3) is 1.35. The molecule has 72 valence electrons. The van der Waals surface area contributed by atoms with E-state index in [1.165, 1.54) is 0 Å². The van der Waals surface area contributed by atoms with Crippen molar-refractivity contribution in [2.45, 2.75) is 0 Å². The van der Waals surface area contributed by atoms with Gasteiger partial charge in [0.1, 0.15) is 0 Å². The van der Waals surface area contributed by atoms with E-state index in [9.17, 15) is 4.79 Å². The van der Waals surface area contributed by atoms with E-state index in [0.29, 0.717) is 5.57 Å². The van der Waals surface area contributed by atoms with E-state index >= 15 is 0 Å². The van der Waals surface area contributed by atoms with Crippen LogP contribution < -0.4 is 5.32 Å². The number of rotatable bonds is 1. The number of fused-ring (bicyclic) bond motifs is 1. The van der Waals surface area contributed by atoms with Crippen molar-refractivity contribution in [2.24, 2.45) is 0 Å². The molecule has 14 heavy (non-hydrogen) atoms. The van der Waals surface area contributed by atoms with Gasteiger partial charge >= 0.3 is 0 Å². The van der Waals surface area contributed by atoms with Crippen LogP contribution in [-0.2, 0) is 4.79 Å². The minimum Gasteiger partial charge on any atom is -0.383 e. The van der Waals surface area contributed by atoms with E-state index < -0.39 is 0 Å². The highest BCUT2D eigenvalue weighted by Gasteiger charge is 2.23. The third-order valence-corrected chi connectivity index (χ3v) is 1.99. The molecule has 0 aliphatic carbocycles. The molecule has 0 atom stereocenters. The van der Waals surface area contributed by atoms with Crippen molar-refractivity contribution < 1.29 is 4.79 Å². The van der Waals surface area contributed by atoms with Crippen molar-refractivity contribution >= 4 is 17.2 Å². The molecule has 4 heteroatoms. The Bertz CT molecular complexity index is 410. The lowest BCUT2D eigenvalue weighted by Crippen LogP contribution is -2.08. The van der Waals surface area contributed by atoms with Gasteiger partial charge in [-0.25, -0.2) is 0 Å². The van der Waals surface area contributed by atoms with Crippen molar-refractivity contribution in [3.8, 4) is 0 Å². The van der Waals surface area contributed by atoms with E-state index in [1.54, 1.807) is 18.6 Å². The largest absolute Gasteiger partial charge is 0.383 e. The number of pyridine rings is 1. The number of nitrogens with zero attached hydrogens (tertiary/aromatic N) is 2. The molecule has 1 N–H and O–H groups in total. The molecule has 0 unspecified atom stereocenters. The first-order chi connectivity index (χ1) is 6.68. The van der Waals surface area contributed by atoms with E-state index in [1.807, 2.05) is 25.1 Å². The molecule has 1 aromatic heterocycles. The Morgan fingerprint density at radius 3 is 3.00 bits per heavy atom. The predicted molar refractivity (Wildman–Crippen MR) is 54.5 cm³/mol. The Balaban J connectivity index is 2.50. The molecule has 2 heterocycles. The van der Waals surface area contributed by atoms with Crippen LogP contribution in [-0.4, -0.2) is 29.9 Å². The number of anilines is 1. The molecule has 0 bridgehead atoms. The Morgan fingerprint density at radius 2 is 2.29 bits per heavy atom. The summed E-state index contributed by atoms with van der Waals surface area (Å²) in [5.41, 5.74) is 2.39. The van der Waals surface area contributed by atoms with Crippen LogP contribution in [0.25, 0.3) is 5.57 Å². The van der Waals surface area contributed by atoms with Crippen LogP contribution in [0.2, 0.25) is 0 Å². The van der Waals surface area contributed by atoms with Gasteiger partial charge in [0.2, 0.25) is 0 Å². The van der Waals surface area contributed by atoms with Crippen molar-refractivity contribution in [1.29, 1.82) is 0 Å². The molecule has 0 spiro atoms. The summed E-state index contributed by atoms with van der Waals surface area (Å²) in [6.45, 7) is 0. The number of carbonyl (C=O) groups is 1. The van der Waals surface area contributed by atoms with Gasteiger partial charge in [-0.05, 0) is 6.07 Å². The van der Waals surface area contributed by atoms with Crippen molar-refractivity contribution in [3.63, 3.8) is 0 Å². The van der Waals surface area contributed by atoms with Gasteiger partial charge in [-0.2, -0.15) is 0 Å². The van der Waals surface area contributed by atoms with Gasteiger partial charge in [0, 0.05) is 32.1 Å². The molecular formula is C10H11N3O. The summed E-state index contributed by atoms with van der Waals surface area (Å²) >= 11 is 0. The number of nitrogens with one attached hydrogen (secondary N) is 1. The van der Waals surface area contributed by atoms with Gasteiger partial charge in [-0.3, -0.25) is 9.78 Å². The SMILES string of the molecule is CN(C)/C=C1\C(=O)Nc2cnccc21. The van der Waals surface area contributed by atoms with Crippen LogP contribution in [0.1, 0.15) is 5.56 Å². The lowest BCUT2D eigenvalue weighted by Gasteiger charge is -2.05. The van der Waals surface area contributed by atoms with E-state index in [4.69, 9.17) is 0 Å². The summed E-state index contributed by atoms with van der Waals surface area (Å²) in [6.07, 6.45) is 5.15. The second-order valence-electron chi connectivity index (χ2n) is 3.38. The van der Waals surface area contributed by atoms with Crippen LogP contribution in [0.15, 0.2) is 24.7 Å². The molecule has 1 aliphatic heterocycles. The molecule has 0 saturated heterocycles. The molecule has 0 radical (unpaired) electrons. The highest BCUT2D eigenvalue weighted by Crippen LogP contribution is 2.30. The maximum absolute atomic E-state index is 11.5. The van der Waals surface area contributed by atoms with Gasteiger partial charge < -0.3 is 10.2 Å². The molecule has 1 aromatic rings. The quantitative estimate of drug-likeness (QED) is 0.668. The van der Waals surface area contributed by atoms with Crippen LogP contribution in [0, 0.1) is 0 Å². The van der Waals surface area contributed by atoms with E-state index in [2.05, 4.69) is 10.3 Å². The fraction of sp³-hybridized carbons (Fsp3) is 0.200. The number of hydrogen-bond acceptors (Lipinski definition) is 3. The summed E-state index contributed by atoms with van der Waals surface area (Å²) in [5, 5.41) is 2.76. The van der Waals surface area contributed by atoms with Crippen molar-refractivity contribution in [3.05, 3.63) is 30.2 Å². The lowest BCUT2D eigenvalue weighted by molar-refractivity contribution is -0.110. The summed E-state index contributed by atoms with van der Waals surface area (Å²) < 4.78 is 0. The first-order valence-corrected chi connectivity index (χ1v) is 4.32. The minimum atomic E-state index is -0.0679. The average Bonchev–Trinajstić information content (AvgIpc) is 2.43. The Labute approximate surface area is 82.3 Å². The van der Waals surface area contributed by atoms with Gasteiger partial charge in [-0.1, -0.05) is 0 Å². The Morgan fingerprint density at radius 1 is 1.50 bits per heavy atom. The molecular weight excluding hydrogens is 178 g/mol. The molecule has 1 amide bonds. The smallest absolute Gasteiger partial charge is 0.257 e. The Kier molecular flexibility index (Phi) is 1.96. The van der Waals surface area contributed by atoms with Crippen LogP contribution in [0.4, 0.5) is 5.69 Å². The van der Waals surface area contributed by atoms with E-state index in [0.717, 1.165) is 11.3 Å². The number of amides is 1. The second-order valence-corrected chi connectivity index (χ2v) is 3.38. The fourth-order valence-electron chi connectivity index (χ4n) is 1.43. The molecule has 0 aromatic carbocycles. The number of carbonyl (C=O) groups excluding carboxylic acids is 1. The topological polar surface area (TPSA) is 45.2 Å². The van der Waals surface area contributed by atoms with Gasteiger partial charge in [-0.15, -0.1) is 0 Å². The van der Waals surface area contributed by atoms with Crippen LogP contribution in [0.3, 0.4) is 0 Å². The first kappa shape index (κ1) is 8.74. The molecule has 4 nitrogen and oxygen atoms in total. The predicted octanol–water partition coefficient (Wildman–Crippen LogP) is 0.936. The van der Waals surface area contributed by atoms with Gasteiger partial charge in [0.15, 0.2) is 0 Å². The molecule has 2 rings (SSSR count). The zero-order valence-corrected chi connectivity index (χ0v) is 8.11. The standard InChI is InChI=1S/C10H11N3O/c1-13(2)6-8-7-3-4-11-5-9(7)12-10(8)14/h3-6H,1-2H3,(H,12,14)/b8-6-. The number of hydrogen-bond donors (Lipinski definition) is 1. The zero-order valence-electron chi connectivity index (χ0n) is 8.11. The molecule has 1 aliphatic rings. The molecule has 0 fully saturated rings. The average molecular weight is 189 g/mol. The summed E-state index contributed by atoms with van der Waals surface area (Å²) in [7, 11) is 3.78. The van der Waals surface area contributed by atoms with Crippen LogP contribution >= 0.6 is 0 Å². The first-order valence-electron chi connectivity index (χ1n) is 4.32.